The van der Waals surface area contributed by atoms with Gasteiger partial charge in [-0.2, -0.15) is 0 Å². The van der Waals surface area contributed by atoms with Gasteiger partial charge in [0.25, 0.3) is 11.4 Å². The van der Waals surface area contributed by atoms with Crippen LogP contribution in [-0.2, 0) is 13.1 Å². The van der Waals surface area contributed by atoms with Crippen molar-refractivity contribution >= 4 is 55.0 Å². The molecule has 10 nitrogen and oxygen atoms in total. The molecule has 4 heterocycles. The number of aromatic nitrogens is 4. The highest BCUT2D eigenvalue weighted by atomic mass is 16.6. The van der Waals surface area contributed by atoms with E-state index in [1.54, 1.807) is 36.7 Å². The van der Waals surface area contributed by atoms with Crippen LogP contribution in [0.2, 0.25) is 0 Å². The Kier molecular flexibility index (Phi) is 7.28. The van der Waals surface area contributed by atoms with Gasteiger partial charge in [-0.05, 0) is 51.0 Å². The molecule has 0 amide bonds. The van der Waals surface area contributed by atoms with Crippen LogP contribution in [0.15, 0.2) is 60.9 Å². The average molecular weight is 565 g/mol. The van der Waals surface area contributed by atoms with Crippen molar-refractivity contribution in [3.8, 4) is 0 Å². The van der Waals surface area contributed by atoms with Crippen LogP contribution >= 0.6 is 0 Å². The minimum atomic E-state index is -0.345. The standard InChI is InChI=1S/C32H32N6O4/c1-21-31-25(13-15-33-21)27-19-23(37(39)40)9-11-29(27)35(31)17-7-5-3-4-6-8-18-36-30-12-10-24(38(41)42)20-28(30)26-14-16-34-22(2)32(26)36/h9-16,19-20H,3-8,17-18H2,1-2H3. The lowest BCUT2D eigenvalue weighted by atomic mass is 10.1. The van der Waals surface area contributed by atoms with Crippen LogP contribution in [0.25, 0.3) is 43.6 Å². The maximum Gasteiger partial charge on any atom is 0.270 e. The smallest absolute Gasteiger partial charge is 0.270 e. The number of nitro benzene ring substituents is 2. The molecule has 6 rings (SSSR count). The van der Waals surface area contributed by atoms with Crippen molar-refractivity contribution < 1.29 is 9.85 Å². The number of non-ortho nitro benzene ring substituents is 2. The highest BCUT2D eigenvalue weighted by Gasteiger charge is 2.18. The van der Waals surface area contributed by atoms with Gasteiger partial charge in [0.2, 0.25) is 0 Å². The molecule has 6 aromatic rings. The van der Waals surface area contributed by atoms with Crippen molar-refractivity contribution in [3.05, 3.63) is 92.5 Å². The Morgan fingerprint density at radius 3 is 1.40 bits per heavy atom. The Hall–Kier alpha value is -4.86. The second kappa shape index (κ2) is 11.2. The maximum atomic E-state index is 11.4. The maximum absolute atomic E-state index is 11.4. The summed E-state index contributed by atoms with van der Waals surface area (Å²) in [6.07, 6.45) is 9.99. The molecule has 0 atom stereocenters. The van der Waals surface area contributed by atoms with E-state index in [1.165, 1.54) is 0 Å². The minimum absolute atomic E-state index is 0.102. The summed E-state index contributed by atoms with van der Waals surface area (Å²) in [5.41, 5.74) is 6.17. The lowest BCUT2D eigenvalue weighted by Crippen LogP contribution is -2.01. The molecule has 0 unspecified atom stereocenters. The predicted molar refractivity (Wildman–Crippen MR) is 165 cm³/mol. The summed E-state index contributed by atoms with van der Waals surface area (Å²) < 4.78 is 4.53. The van der Waals surface area contributed by atoms with E-state index in [0.29, 0.717) is 0 Å². The highest BCUT2D eigenvalue weighted by Crippen LogP contribution is 2.34. The van der Waals surface area contributed by atoms with Gasteiger partial charge in [-0.15, -0.1) is 0 Å². The van der Waals surface area contributed by atoms with Crippen LogP contribution in [0, 0.1) is 34.1 Å². The summed E-state index contributed by atoms with van der Waals surface area (Å²) in [7, 11) is 0. The Morgan fingerprint density at radius 2 is 1.00 bits per heavy atom. The quantitative estimate of drug-likeness (QED) is 0.0888. The number of pyridine rings is 2. The van der Waals surface area contributed by atoms with Gasteiger partial charge in [0, 0.05) is 82.3 Å². The number of unbranched alkanes of at least 4 members (excludes halogenated alkanes) is 5. The molecular formula is C32H32N6O4. The SMILES string of the molecule is Cc1nccc2c3cc([N+](=O)[O-])ccc3n(CCCCCCCCn3c4ccc([N+](=O)[O-])cc4c4ccnc(C)c43)c12. The van der Waals surface area contributed by atoms with Crippen molar-refractivity contribution in [2.75, 3.05) is 0 Å². The van der Waals surface area contributed by atoms with Crippen LogP contribution in [-0.4, -0.2) is 28.9 Å². The Labute approximate surface area is 241 Å². The number of rotatable bonds is 11. The van der Waals surface area contributed by atoms with Gasteiger partial charge >= 0.3 is 0 Å². The number of nitro groups is 2. The Bertz CT molecular complexity index is 1850. The molecule has 42 heavy (non-hydrogen) atoms. The molecule has 0 spiro atoms. The summed E-state index contributed by atoms with van der Waals surface area (Å²) in [4.78, 5) is 31.0. The van der Waals surface area contributed by atoms with Gasteiger partial charge in [0.05, 0.1) is 32.3 Å². The molecule has 2 aromatic carbocycles. The Morgan fingerprint density at radius 1 is 0.595 bits per heavy atom. The molecule has 0 radical (unpaired) electrons. The molecular weight excluding hydrogens is 532 g/mol. The molecule has 0 fully saturated rings. The number of nitrogens with zero attached hydrogens (tertiary/aromatic N) is 6. The van der Waals surface area contributed by atoms with Crippen molar-refractivity contribution in [2.24, 2.45) is 0 Å². The third-order valence-corrected chi connectivity index (χ3v) is 8.31. The fourth-order valence-electron chi connectivity index (χ4n) is 6.36. The normalized spacial score (nSPS) is 11.8. The lowest BCUT2D eigenvalue weighted by Gasteiger charge is -2.10. The molecule has 0 saturated carbocycles. The summed E-state index contributed by atoms with van der Waals surface area (Å²) in [6, 6.07) is 14.1. The van der Waals surface area contributed by atoms with E-state index in [9.17, 15) is 20.2 Å². The minimum Gasteiger partial charge on any atom is -0.339 e. The van der Waals surface area contributed by atoms with Crippen LogP contribution in [0.3, 0.4) is 0 Å². The van der Waals surface area contributed by atoms with E-state index in [4.69, 9.17) is 0 Å². The third-order valence-electron chi connectivity index (χ3n) is 8.31. The van der Waals surface area contributed by atoms with Gasteiger partial charge < -0.3 is 9.13 Å². The van der Waals surface area contributed by atoms with Crippen LogP contribution < -0.4 is 0 Å². The first-order valence-electron chi connectivity index (χ1n) is 14.4. The first kappa shape index (κ1) is 27.3. The fourth-order valence-corrected chi connectivity index (χ4v) is 6.36. The fraction of sp³-hybridized carbons (Fsp3) is 0.312. The van der Waals surface area contributed by atoms with Gasteiger partial charge in [0.1, 0.15) is 0 Å². The second-order valence-electron chi connectivity index (χ2n) is 10.9. The lowest BCUT2D eigenvalue weighted by molar-refractivity contribution is -0.384. The summed E-state index contributed by atoms with van der Waals surface area (Å²) >= 11 is 0. The average Bonchev–Trinajstić information content (AvgIpc) is 3.47. The molecule has 0 aliphatic rings. The van der Waals surface area contributed by atoms with E-state index < -0.39 is 0 Å². The molecule has 0 saturated heterocycles. The molecule has 4 aromatic heterocycles. The summed E-state index contributed by atoms with van der Waals surface area (Å²) in [5, 5.41) is 26.5. The van der Waals surface area contributed by atoms with E-state index in [0.717, 1.165) is 107 Å². The van der Waals surface area contributed by atoms with E-state index in [1.807, 2.05) is 38.1 Å². The van der Waals surface area contributed by atoms with E-state index >= 15 is 0 Å². The second-order valence-corrected chi connectivity index (χ2v) is 10.9. The number of aryl methyl sites for hydroxylation is 4. The van der Waals surface area contributed by atoms with Gasteiger partial charge in [-0.25, -0.2) is 0 Å². The number of hydrogen-bond acceptors (Lipinski definition) is 6. The third kappa shape index (κ3) is 4.82. The van der Waals surface area contributed by atoms with Crippen LogP contribution in [0.4, 0.5) is 11.4 Å². The van der Waals surface area contributed by atoms with Gasteiger partial charge in [-0.1, -0.05) is 25.7 Å². The first-order valence-corrected chi connectivity index (χ1v) is 14.4. The molecule has 0 aliphatic carbocycles. The van der Waals surface area contributed by atoms with Crippen LogP contribution in [0.1, 0.15) is 49.9 Å². The van der Waals surface area contributed by atoms with Crippen molar-refractivity contribution in [2.45, 2.75) is 65.5 Å². The Balaban J connectivity index is 1.08. The molecule has 0 aliphatic heterocycles. The zero-order valence-corrected chi connectivity index (χ0v) is 23.7. The van der Waals surface area contributed by atoms with Gasteiger partial charge in [0.15, 0.2) is 0 Å². The monoisotopic (exact) mass is 564 g/mol. The first-order chi connectivity index (χ1) is 20.3. The van der Waals surface area contributed by atoms with Crippen molar-refractivity contribution in [3.63, 3.8) is 0 Å². The molecule has 0 N–H and O–H groups in total. The molecule has 214 valence electrons. The highest BCUT2D eigenvalue weighted by molar-refractivity contribution is 6.10. The molecule has 0 bridgehead atoms. The van der Waals surface area contributed by atoms with E-state index in [2.05, 4.69) is 19.1 Å². The molecule has 10 heteroatoms. The number of hydrogen-bond donors (Lipinski definition) is 0. The number of fused-ring (bicyclic) bond motifs is 6. The van der Waals surface area contributed by atoms with E-state index in [-0.39, 0.29) is 21.2 Å². The van der Waals surface area contributed by atoms with Gasteiger partial charge in [-0.3, -0.25) is 30.2 Å². The number of benzene rings is 2. The van der Waals surface area contributed by atoms with Crippen molar-refractivity contribution in [1.29, 1.82) is 0 Å². The summed E-state index contributed by atoms with van der Waals surface area (Å²) in [5.74, 6) is 0. The summed E-state index contributed by atoms with van der Waals surface area (Å²) in [6.45, 7) is 5.65. The zero-order chi connectivity index (χ0) is 29.4. The van der Waals surface area contributed by atoms with Crippen molar-refractivity contribution in [1.82, 2.24) is 19.1 Å². The van der Waals surface area contributed by atoms with Crippen LogP contribution in [0.5, 0.6) is 0 Å². The zero-order valence-electron chi connectivity index (χ0n) is 23.7. The topological polar surface area (TPSA) is 122 Å². The predicted octanol–water partition coefficient (Wildman–Crippen LogP) is 8.17. The largest absolute Gasteiger partial charge is 0.339 e.